The Morgan fingerprint density at radius 3 is 2.52 bits per heavy atom. The van der Waals surface area contributed by atoms with Crippen molar-refractivity contribution in [3.63, 3.8) is 0 Å². The van der Waals surface area contributed by atoms with Gasteiger partial charge < -0.3 is 0 Å². The molecule has 1 unspecified atom stereocenters. The van der Waals surface area contributed by atoms with Gasteiger partial charge in [0.1, 0.15) is 5.82 Å². The van der Waals surface area contributed by atoms with Gasteiger partial charge in [0, 0.05) is 16.7 Å². The van der Waals surface area contributed by atoms with Crippen molar-refractivity contribution in [2.45, 2.75) is 18.2 Å². The molecule has 1 N–H and O–H groups in total. The predicted molar refractivity (Wildman–Crippen MR) is 124 cm³/mol. The average molecular weight is 456 g/mol. The second kappa shape index (κ2) is 8.56. The lowest BCUT2D eigenvalue weighted by atomic mass is 10.1. The largest absolute Gasteiger partial charge is 0.294 e. The van der Waals surface area contributed by atoms with Gasteiger partial charge >= 0.3 is 0 Å². The third-order valence-corrected chi connectivity index (χ3v) is 7.40. The standard InChI is InChI=1S/C23H19F2N3OS2/c1-3-21-27-22(15-9-10-18(24)19(25)13-15)23(30-21)16-11-12-26-20(14-16)28-31(2,29)17-7-5-4-6-8-17/h4-14H,2-3H2,1H3,(H,26,28,29). The smallest absolute Gasteiger partial charge is 0.159 e. The van der Waals surface area contributed by atoms with Crippen LogP contribution in [0.5, 0.6) is 0 Å². The van der Waals surface area contributed by atoms with E-state index < -0.39 is 21.3 Å². The molecule has 0 bridgehead atoms. The Morgan fingerprint density at radius 1 is 1.03 bits per heavy atom. The molecule has 31 heavy (non-hydrogen) atoms. The third-order valence-electron chi connectivity index (χ3n) is 4.58. The minimum absolute atomic E-state index is 0.393. The summed E-state index contributed by atoms with van der Waals surface area (Å²) in [5.74, 6) is 2.39. The molecule has 0 aliphatic carbocycles. The maximum Gasteiger partial charge on any atom is 0.159 e. The number of anilines is 1. The topological polar surface area (TPSA) is 54.9 Å². The number of nitrogens with zero attached hydrogens (tertiary/aromatic N) is 2. The average Bonchev–Trinajstić information content (AvgIpc) is 3.21. The van der Waals surface area contributed by atoms with Gasteiger partial charge in [0.25, 0.3) is 0 Å². The van der Waals surface area contributed by atoms with Crippen molar-refractivity contribution in [1.82, 2.24) is 9.97 Å². The summed E-state index contributed by atoms with van der Waals surface area (Å²) in [6, 6.07) is 16.2. The van der Waals surface area contributed by atoms with E-state index in [0.717, 1.165) is 27.6 Å². The molecule has 2 aromatic heterocycles. The van der Waals surface area contributed by atoms with Crippen LogP contribution in [0, 0.1) is 11.6 Å². The van der Waals surface area contributed by atoms with Crippen LogP contribution in [0.25, 0.3) is 21.7 Å². The molecule has 0 saturated carbocycles. The highest BCUT2D eigenvalue weighted by molar-refractivity contribution is 8.01. The summed E-state index contributed by atoms with van der Waals surface area (Å²) in [6.45, 7) is 1.98. The molecule has 4 nitrogen and oxygen atoms in total. The van der Waals surface area contributed by atoms with Gasteiger partial charge in [-0.15, -0.1) is 11.3 Å². The van der Waals surface area contributed by atoms with Crippen LogP contribution in [0.4, 0.5) is 14.6 Å². The van der Waals surface area contributed by atoms with Gasteiger partial charge in [-0.25, -0.2) is 23.0 Å². The molecule has 2 aromatic carbocycles. The Hall–Kier alpha value is -3.10. The molecular formula is C23H19F2N3OS2. The molecule has 4 aromatic rings. The van der Waals surface area contributed by atoms with E-state index >= 15 is 0 Å². The molecule has 8 heteroatoms. The van der Waals surface area contributed by atoms with E-state index in [0.29, 0.717) is 28.4 Å². The van der Waals surface area contributed by atoms with Gasteiger partial charge in [-0.2, -0.15) is 0 Å². The number of aromatic nitrogens is 2. The first-order valence-corrected chi connectivity index (χ1v) is 12.0. The van der Waals surface area contributed by atoms with Crippen molar-refractivity contribution in [3.8, 4) is 21.7 Å². The lowest BCUT2D eigenvalue weighted by Gasteiger charge is -2.13. The second-order valence-corrected chi connectivity index (χ2v) is 9.90. The molecule has 0 spiro atoms. The van der Waals surface area contributed by atoms with Gasteiger partial charge in [0.15, 0.2) is 11.6 Å². The third kappa shape index (κ3) is 4.50. The SMILES string of the molecule is C=S(=O)(Nc1cc(-c2sc(CC)nc2-c2ccc(F)c(F)c2)ccn1)c1ccccc1. The minimum Gasteiger partial charge on any atom is -0.294 e. The van der Waals surface area contributed by atoms with E-state index in [1.807, 2.05) is 13.0 Å². The summed E-state index contributed by atoms with van der Waals surface area (Å²) in [6.07, 6.45) is 2.30. The summed E-state index contributed by atoms with van der Waals surface area (Å²) in [5.41, 5.74) is 1.83. The second-order valence-electron chi connectivity index (χ2n) is 6.79. The lowest BCUT2D eigenvalue weighted by molar-refractivity contribution is 0.509. The Morgan fingerprint density at radius 2 is 1.81 bits per heavy atom. The molecule has 0 aliphatic heterocycles. The summed E-state index contributed by atoms with van der Waals surface area (Å²) >= 11 is 1.47. The summed E-state index contributed by atoms with van der Waals surface area (Å²) < 4.78 is 43.2. The van der Waals surface area contributed by atoms with E-state index in [-0.39, 0.29) is 0 Å². The maximum atomic E-state index is 13.8. The number of hydrogen-bond acceptors (Lipinski definition) is 4. The first kappa shape index (κ1) is 21.1. The number of thiazole rings is 1. The zero-order valence-corrected chi connectivity index (χ0v) is 18.3. The molecule has 2 heterocycles. The van der Waals surface area contributed by atoms with Crippen LogP contribution in [0.3, 0.4) is 0 Å². The van der Waals surface area contributed by atoms with Gasteiger partial charge in [-0.05, 0) is 60.3 Å². The van der Waals surface area contributed by atoms with E-state index in [9.17, 15) is 13.0 Å². The molecule has 4 rings (SSSR count). The van der Waals surface area contributed by atoms with Crippen molar-refractivity contribution >= 4 is 32.7 Å². The van der Waals surface area contributed by atoms with Crippen LogP contribution >= 0.6 is 11.3 Å². The number of benzene rings is 2. The van der Waals surface area contributed by atoms with Crippen LogP contribution < -0.4 is 4.72 Å². The quantitative estimate of drug-likeness (QED) is 0.373. The van der Waals surface area contributed by atoms with Crippen molar-refractivity contribution in [1.29, 1.82) is 0 Å². The normalized spacial score (nSPS) is 13.0. The predicted octanol–water partition coefficient (Wildman–Crippen LogP) is 5.82. The first-order chi connectivity index (χ1) is 14.9. The highest BCUT2D eigenvalue weighted by Gasteiger charge is 2.17. The molecule has 1 atom stereocenters. The van der Waals surface area contributed by atoms with Gasteiger partial charge in [0.05, 0.1) is 25.3 Å². The Labute approximate surface area is 183 Å². The zero-order valence-electron chi connectivity index (χ0n) is 16.6. The van der Waals surface area contributed by atoms with Crippen LogP contribution in [-0.2, 0) is 16.1 Å². The number of hydrogen-bond donors (Lipinski definition) is 1. The fourth-order valence-electron chi connectivity index (χ4n) is 3.05. The molecule has 158 valence electrons. The Kier molecular flexibility index (Phi) is 5.84. The minimum atomic E-state index is -2.80. The number of pyridine rings is 1. The van der Waals surface area contributed by atoms with Crippen molar-refractivity contribution in [2.24, 2.45) is 0 Å². The van der Waals surface area contributed by atoms with Crippen LogP contribution in [0.2, 0.25) is 0 Å². The number of halogens is 2. The van der Waals surface area contributed by atoms with E-state index in [1.54, 1.807) is 42.6 Å². The molecule has 0 fully saturated rings. The van der Waals surface area contributed by atoms with E-state index in [1.165, 1.54) is 17.4 Å². The Bertz CT molecular complexity index is 1340. The molecule has 0 aliphatic rings. The lowest BCUT2D eigenvalue weighted by Crippen LogP contribution is -2.13. The monoisotopic (exact) mass is 455 g/mol. The van der Waals surface area contributed by atoms with Gasteiger partial charge in [0.2, 0.25) is 0 Å². The van der Waals surface area contributed by atoms with Crippen LogP contribution in [-0.4, -0.2) is 20.0 Å². The maximum absolute atomic E-state index is 13.8. The van der Waals surface area contributed by atoms with E-state index in [2.05, 4.69) is 20.6 Å². The fourth-order valence-corrected chi connectivity index (χ4v) is 5.23. The molecular weight excluding hydrogens is 436 g/mol. The van der Waals surface area contributed by atoms with Gasteiger partial charge in [-0.3, -0.25) is 4.72 Å². The summed E-state index contributed by atoms with van der Waals surface area (Å²) in [7, 11) is -2.80. The number of nitrogens with one attached hydrogen (secondary N) is 1. The Balaban J connectivity index is 1.74. The van der Waals surface area contributed by atoms with Crippen molar-refractivity contribution < 1.29 is 13.0 Å². The fraction of sp³-hybridized carbons (Fsp3) is 0.0870. The molecule has 0 amide bonds. The van der Waals surface area contributed by atoms with Gasteiger partial charge in [-0.1, -0.05) is 25.1 Å². The zero-order chi connectivity index (χ0) is 22.0. The van der Waals surface area contributed by atoms with Crippen molar-refractivity contribution in [2.75, 3.05) is 4.72 Å². The first-order valence-electron chi connectivity index (χ1n) is 9.49. The molecule has 0 radical (unpaired) electrons. The van der Waals surface area contributed by atoms with Crippen LogP contribution in [0.15, 0.2) is 71.8 Å². The summed E-state index contributed by atoms with van der Waals surface area (Å²) in [5, 5.41) is 0.867. The van der Waals surface area contributed by atoms with Crippen LogP contribution in [0.1, 0.15) is 11.9 Å². The highest BCUT2D eigenvalue weighted by Crippen LogP contribution is 2.38. The number of aryl methyl sites for hydroxylation is 1. The number of rotatable bonds is 6. The summed E-state index contributed by atoms with van der Waals surface area (Å²) in [4.78, 5) is 10.3. The molecule has 0 saturated heterocycles. The van der Waals surface area contributed by atoms with Crippen molar-refractivity contribution in [3.05, 3.63) is 83.5 Å². The highest BCUT2D eigenvalue weighted by atomic mass is 32.2. The van der Waals surface area contributed by atoms with E-state index in [4.69, 9.17) is 0 Å².